The predicted molar refractivity (Wildman–Crippen MR) is 265 cm³/mol. The first-order valence-electron chi connectivity index (χ1n) is 24.8. The van der Waals surface area contributed by atoms with Crippen molar-refractivity contribution in [3.8, 4) is 28.7 Å². The van der Waals surface area contributed by atoms with Gasteiger partial charge in [-0.2, -0.15) is 5.53 Å². The number of hydrogen-bond acceptors (Lipinski definition) is 20. The third-order valence-electron chi connectivity index (χ3n) is 14.7. The Morgan fingerprint density at radius 1 is 0.947 bits per heavy atom. The molecule has 9 rings (SSSR count). The van der Waals surface area contributed by atoms with E-state index in [9.17, 15) is 59.7 Å². The number of fused-ring (bicyclic) bond motifs is 3. The van der Waals surface area contributed by atoms with Crippen LogP contribution in [0.15, 0.2) is 59.7 Å². The number of ketones is 3. The number of phenols is 4. The van der Waals surface area contributed by atoms with Crippen molar-refractivity contribution < 1.29 is 78.7 Å². The standard InChI is InChI=1S/C53H60N6O16/c1-6-73-52(70)59-56-55-50(32-18-31(25(2)3)35(61)20-36(32)62)58(59)29-12-10-27(11-13-29)23-57-16-14-28(15-17-57)51(69)54-34-19-40(74-26(4)45(34)64)75-38-22-53(71,39(63)24-60)21-33-42(38)49(68)44-43(47(33)66)46(65)30-8-7-9-37(72-5)41(30)48(44)67/h7-13,18,20,25-26,28,34,38,40,45,56,60-62,64,66,68,71H,6,14-17,19,21-24H2,1-5H3,(H,54,69)/t26-,34-,38-,40-,45+,53-/m0/s1. The maximum atomic E-state index is 14.1. The zero-order chi connectivity index (χ0) is 53.8. The zero-order valence-corrected chi connectivity index (χ0v) is 41.9. The number of carbonyl (C=O) groups is 5. The summed E-state index contributed by atoms with van der Waals surface area (Å²) in [5.41, 5.74) is 0.868. The molecule has 0 aromatic heterocycles. The van der Waals surface area contributed by atoms with Crippen molar-refractivity contribution in [2.45, 2.75) is 109 Å². The number of aromatic hydroxyl groups is 4. The summed E-state index contributed by atoms with van der Waals surface area (Å²) in [5.74, 6) is -5.05. The quantitative estimate of drug-likeness (QED) is 0.0760. The van der Waals surface area contributed by atoms with Gasteiger partial charge in [0.05, 0.1) is 59.9 Å². The number of hydrogen-bond donors (Lipinski definition) is 9. The Kier molecular flexibility index (Phi) is 14.5. The van der Waals surface area contributed by atoms with Crippen molar-refractivity contribution in [2.24, 2.45) is 11.0 Å². The summed E-state index contributed by atoms with van der Waals surface area (Å²) in [6.07, 6.45) is -5.99. The summed E-state index contributed by atoms with van der Waals surface area (Å²) in [6, 6.07) is 13.6. The number of nitrogens with one attached hydrogen (secondary N) is 2. The number of aliphatic hydroxyl groups excluding tert-OH is 2. The van der Waals surface area contributed by atoms with Crippen LogP contribution in [0.4, 0.5) is 10.5 Å². The van der Waals surface area contributed by atoms with E-state index in [1.165, 1.54) is 36.4 Å². The van der Waals surface area contributed by atoms with Crippen molar-refractivity contribution >= 4 is 40.9 Å². The van der Waals surface area contributed by atoms with Crippen molar-refractivity contribution in [1.29, 1.82) is 0 Å². The summed E-state index contributed by atoms with van der Waals surface area (Å²) in [7, 11) is 1.31. The molecule has 0 saturated carbocycles. The fourth-order valence-corrected chi connectivity index (χ4v) is 10.7. The fourth-order valence-electron chi connectivity index (χ4n) is 10.7. The van der Waals surface area contributed by atoms with Gasteiger partial charge in [-0.05, 0) is 81.1 Å². The molecule has 0 bridgehead atoms. The van der Waals surface area contributed by atoms with Gasteiger partial charge in [0.1, 0.15) is 47.1 Å². The monoisotopic (exact) mass is 1040 g/mol. The average molecular weight is 1040 g/mol. The second-order valence-corrected chi connectivity index (χ2v) is 19.8. The van der Waals surface area contributed by atoms with Gasteiger partial charge in [-0.1, -0.05) is 43.2 Å². The topological polar surface area (TPSA) is 310 Å². The minimum atomic E-state index is -2.36. The van der Waals surface area contributed by atoms with Crippen molar-refractivity contribution in [3.05, 3.63) is 105 Å². The fraction of sp³-hybridized carbons (Fsp3) is 0.434. The third kappa shape index (κ3) is 9.57. The van der Waals surface area contributed by atoms with Gasteiger partial charge < -0.3 is 60.0 Å². The van der Waals surface area contributed by atoms with Crippen LogP contribution in [0.2, 0.25) is 0 Å². The van der Waals surface area contributed by atoms with Crippen LogP contribution in [-0.2, 0) is 36.8 Å². The molecule has 9 N–H and O–H groups in total. The Bertz CT molecular complexity index is 2980. The number of rotatable bonds is 13. The minimum Gasteiger partial charge on any atom is -0.508 e. The first-order chi connectivity index (χ1) is 35.8. The number of hydrazine groups is 2. The Hall–Kier alpha value is -7.34. The molecule has 0 unspecified atom stereocenters. The Morgan fingerprint density at radius 3 is 2.32 bits per heavy atom. The summed E-state index contributed by atoms with van der Waals surface area (Å²) in [5, 5.41) is 87.8. The number of aliphatic hydroxyl groups is 3. The lowest BCUT2D eigenvalue weighted by atomic mass is 9.72. The Labute approximate surface area is 430 Å². The van der Waals surface area contributed by atoms with Crippen LogP contribution in [0.1, 0.15) is 125 Å². The molecule has 2 aliphatic carbocycles. The molecule has 5 aliphatic rings. The van der Waals surface area contributed by atoms with Gasteiger partial charge >= 0.3 is 6.09 Å². The summed E-state index contributed by atoms with van der Waals surface area (Å²) in [6.45, 7) is 7.69. The number of carbonyl (C=O) groups excluding carboxylic acids is 5. The molecular weight excluding hydrogens is 977 g/mol. The van der Waals surface area contributed by atoms with Crippen LogP contribution >= 0.6 is 0 Å². The summed E-state index contributed by atoms with van der Waals surface area (Å²) in [4.78, 5) is 70.3. The van der Waals surface area contributed by atoms with E-state index in [1.54, 1.807) is 32.0 Å². The number of Topliss-reactive ketones (excluding diaryl/α,β-unsaturated/α-hetero) is 1. The van der Waals surface area contributed by atoms with E-state index in [0.29, 0.717) is 43.7 Å². The molecule has 3 heterocycles. The molecule has 2 amide bonds. The normalized spacial score (nSPS) is 23.7. The molecule has 2 saturated heterocycles. The lowest BCUT2D eigenvalue weighted by Crippen LogP contribution is -2.57. The van der Waals surface area contributed by atoms with Gasteiger partial charge in [-0.15, -0.1) is 5.10 Å². The lowest BCUT2D eigenvalue weighted by molar-refractivity contribution is -0.249. The molecular formula is C53H60N6O16. The molecule has 4 aromatic carbocycles. The van der Waals surface area contributed by atoms with E-state index in [0.717, 1.165) is 10.7 Å². The number of nitrogens with zero attached hydrogens (tertiary/aromatic N) is 4. The summed E-state index contributed by atoms with van der Waals surface area (Å²) >= 11 is 0. The van der Waals surface area contributed by atoms with E-state index in [2.05, 4.69) is 20.9 Å². The lowest BCUT2D eigenvalue weighted by Gasteiger charge is -2.43. The van der Waals surface area contributed by atoms with Gasteiger partial charge in [0.2, 0.25) is 11.7 Å². The van der Waals surface area contributed by atoms with Gasteiger partial charge in [-0.3, -0.25) is 24.1 Å². The van der Waals surface area contributed by atoms with Crippen LogP contribution in [-0.4, -0.2) is 145 Å². The molecule has 3 aliphatic heterocycles. The largest absolute Gasteiger partial charge is 0.508 e. The van der Waals surface area contributed by atoms with Gasteiger partial charge in [0.25, 0.3) is 0 Å². The van der Waals surface area contributed by atoms with E-state index in [1.807, 2.05) is 26.0 Å². The highest BCUT2D eigenvalue weighted by molar-refractivity contribution is 6.31. The maximum absolute atomic E-state index is 14.1. The number of ether oxygens (including phenoxy) is 4. The number of piperidine rings is 1. The van der Waals surface area contributed by atoms with E-state index in [-0.39, 0.29) is 75.8 Å². The van der Waals surface area contributed by atoms with Crippen LogP contribution in [0.5, 0.6) is 28.7 Å². The highest BCUT2D eigenvalue weighted by Crippen LogP contribution is 2.53. The second-order valence-electron chi connectivity index (χ2n) is 19.8. The minimum absolute atomic E-state index is 0.0541. The number of hydrazone groups is 1. The first kappa shape index (κ1) is 52.5. The predicted octanol–water partition coefficient (Wildman–Crippen LogP) is 3.67. The van der Waals surface area contributed by atoms with Crippen molar-refractivity contribution in [3.63, 3.8) is 0 Å². The Balaban J connectivity index is 0.868. The number of anilines is 1. The second kappa shape index (κ2) is 20.8. The third-order valence-corrected chi connectivity index (χ3v) is 14.7. The number of phenolic OH excluding ortho intramolecular Hbond substituents is 4. The van der Waals surface area contributed by atoms with Crippen LogP contribution in [0, 0.1) is 5.92 Å². The van der Waals surface area contributed by atoms with E-state index >= 15 is 0 Å². The van der Waals surface area contributed by atoms with Crippen LogP contribution in [0.25, 0.3) is 0 Å². The molecule has 0 spiro atoms. The smallest absolute Gasteiger partial charge is 0.450 e. The molecule has 2 fully saturated rings. The SMILES string of the molecule is CCOC(=O)N1NN=C(c2cc(C(C)C)c(O)cc2O)N1c1ccc(CN2CCC(C(=O)N[C@H]3C[C@H](O[C@H]4C[C@](O)(C(=O)CO)Cc5c(O)c6c(c(O)c54)C(=O)c4c(OC)cccc4C6=O)O[C@@H](C)[C@H]3O)CC2)cc1. The first-order valence-corrected chi connectivity index (χ1v) is 24.8. The van der Waals surface area contributed by atoms with Gasteiger partial charge in [0, 0.05) is 54.5 Å². The molecule has 0 radical (unpaired) electrons. The van der Waals surface area contributed by atoms with Crippen molar-refractivity contribution in [1.82, 2.24) is 20.9 Å². The molecule has 75 heavy (non-hydrogen) atoms. The van der Waals surface area contributed by atoms with Crippen LogP contribution in [0.3, 0.4) is 0 Å². The average Bonchev–Trinajstić information content (AvgIpc) is 3.83. The van der Waals surface area contributed by atoms with Gasteiger partial charge in [0.15, 0.2) is 23.7 Å². The highest BCUT2D eigenvalue weighted by Gasteiger charge is 2.51. The number of benzene rings is 4. The molecule has 6 atom stereocenters. The van der Waals surface area contributed by atoms with Gasteiger partial charge in [-0.25, -0.2) is 9.80 Å². The molecule has 22 nitrogen and oxygen atoms in total. The number of methoxy groups -OCH3 is 1. The van der Waals surface area contributed by atoms with E-state index < -0.39 is 108 Å². The number of likely N-dealkylation sites (tertiary alicyclic amines) is 1. The van der Waals surface area contributed by atoms with E-state index in [4.69, 9.17) is 18.9 Å². The number of amidine groups is 1. The highest BCUT2D eigenvalue weighted by atomic mass is 16.7. The molecule has 22 heteroatoms. The maximum Gasteiger partial charge on any atom is 0.450 e. The van der Waals surface area contributed by atoms with Crippen LogP contribution < -0.4 is 20.6 Å². The molecule has 4 aromatic rings. The summed E-state index contributed by atoms with van der Waals surface area (Å²) < 4.78 is 23.0. The zero-order valence-electron chi connectivity index (χ0n) is 41.9. The van der Waals surface area contributed by atoms with Crippen molar-refractivity contribution in [2.75, 3.05) is 38.4 Å². The molecule has 398 valence electrons. The number of amides is 2. The Morgan fingerprint density at radius 2 is 1.65 bits per heavy atom.